The minimum atomic E-state index is -0.721. The van der Waals surface area contributed by atoms with Gasteiger partial charge in [-0.3, -0.25) is 4.79 Å². The van der Waals surface area contributed by atoms with Gasteiger partial charge < -0.3 is 10.1 Å². The summed E-state index contributed by atoms with van der Waals surface area (Å²) in [5, 5.41) is 5.71. The van der Waals surface area contributed by atoms with Crippen LogP contribution in [0.25, 0.3) is 0 Å². The number of hydrogen-bond acceptors (Lipinski definition) is 4. The van der Waals surface area contributed by atoms with Gasteiger partial charge in [0.05, 0.1) is 11.1 Å². The number of nitrogens with zero attached hydrogens (tertiary/aromatic N) is 1. The molecule has 2 heterocycles. The second-order valence-electron chi connectivity index (χ2n) is 8.59. The third-order valence-corrected chi connectivity index (χ3v) is 6.79. The fourth-order valence-electron chi connectivity index (χ4n) is 4.33. The Morgan fingerprint density at radius 1 is 0.938 bits per heavy atom. The number of benzene rings is 3. The first kappa shape index (κ1) is 20.5. The predicted molar refractivity (Wildman–Crippen MR) is 129 cm³/mol. The van der Waals surface area contributed by atoms with Crippen molar-refractivity contribution in [3.05, 3.63) is 107 Å². The first-order valence-electron chi connectivity index (χ1n) is 10.7. The van der Waals surface area contributed by atoms with Gasteiger partial charge in [-0.2, -0.15) is 0 Å². The Labute approximate surface area is 191 Å². The van der Waals surface area contributed by atoms with Gasteiger partial charge in [0.2, 0.25) is 5.91 Å². The normalized spacial score (nSPS) is 13.1. The number of fused-ring (bicyclic) bond motifs is 2. The summed E-state index contributed by atoms with van der Waals surface area (Å²) >= 11 is 1.46. The van der Waals surface area contributed by atoms with Crippen molar-refractivity contribution < 1.29 is 9.53 Å². The highest BCUT2D eigenvalue weighted by molar-refractivity contribution is 7.13. The summed E-state index contributed by atoms with van der Waals surface area (Å²) in [5.74, 6) is 1.41. The monoisotopic (exact) mass is 440 g/mol. The molecule has 0 saturated carbocycles. The van der Waals surface area contributed by atoms with Gasteiger partial charge in [0, 0.05) is 28.8 Å². The van der Waals surface area contributed by atoms with E-state index in [2.05, 4.69) is 22.4 Å². The highest BCUT2D eigenvalue weighted by Crippen LogP contribution is 2.52. The highest BCUT2D eigenvalue weighted by atomic mass is 32.1. The van der Waals surface area contributed by atoms with Crippen LogP contribution in [-0.4, -0.2) is 10.9 Å². The van der Waals surface area contributed by atoms with Gasteiger partial charge in [-0.25, -0.2) is 4.98 Å². The van der Waals surface area contributed by atoms with Gasteiger partial charge in [0.15, 0.2) is 5.13 Å². The minimum Gasteiger partial charge on any atom is -0.457 e. The van der Waals surface area contributed by atoms with Crippen LogP contribution < -0.4 is 10.1 Å². The van der Waals surface area contributed by atoms with E-state index in [9.17, 15) is 4.79 Å². The summed E-state index contributed by atoms with van der Waals surface area (Å²) in [6, 6.07) is 26.1. The second kappa shape index (κ2) is 8.24. The van der Waals surface area contributed by atoms with E-state index in [-0.39, 0.29) is 11.8 Å². The fourth-order valence-corrected chi connectivity index (χ4v) is 5.03. The van der Waals surface area contributed by atoms with Crippen LogP contribution in [0.3, 0.4) is 0 Å². The van der Waals surface area contributed by atoms with Crippen LogP contribution in [0.5, 0.6) is 11.5 Å². The van der Waals surface area contributed by atoms with E-state index in [1.165, 1.54) is 16.9 Å². The minimum absolute atomic E-state index is 0.0605. The molecule has 0 fully saturated rings. The number of rotatable bonds is 5. The molecule has 1 N–H and O–H groups in total. The number of amides is 1. The lowest BCUT2D eigenvalue weighted by molar-refractivity contribution is -0.124. The van der Waals surface area contributed by atoms with E-state index in [1.54, 1.807) is 0 Å². The molecule has 1 aliphatic heterocycles. The topological polar surface area (TPSA) is 51.2 Å². The van der Waals surface area contributed by atoms with Crippen molar-refractivity contribution in [1.29, 1.82) is 0 Å². The molecule has 0 radical (unpaired) electrons. The summed E-state index contributed by atoms with van der Waals surface area (Å²) in [5.41, 5.74) is 3.48. The molecular formula is C27H24N2O2S. The standard InChI is InChI=1S/C27H24N2O2S/c1-27(2,24-20-12-6-8-14-22(20)31-23-15-9-7-13-21(23)24)25(30)29-26-28-19(17-32-26)16-18-10-4-3-5-11-18/h3-15,17,24H,16H2,1-2H3,(H,28,29,30). The largest absolute Gasteiger partial charge is 0.457 e. The molecule has 0 atom stereocenters. The first-order valence-corrected chi connectivity index (χ1v) is 11.6. The molecule has 0 bridgehead atoms. The van der Waals surface area contributed by atoms with Gasteiger partial charge in [-0.1, -0.05) is 80.6 Å². The summed E-state index contributed by atoms with van der Waals surface area (Å²) in [4.78, 5) is 18.2. The average Bonchev–Trinajstić information content (AvgIpc) is 3.24. The number of ether oxygens (including phenoxy) is 1. The van der Waals surface area contributed by atoms with E-state index in [0.29, 0.717) is 5.13 Å². The summed E-state index contributed by atoms with van der Waals surface area (Å²) in [6.07, 6.45) is 0.747. The van der Waals surface area contributed by atoms with Crippen molar-refractivity contribution in [1.82, 2.24) is 4.98 Å². The predicted octanol–water partition coefficient (Wildman–Crippen LogP) is 6.64. The lowest BCUT2D eigenvalue weighted by Crippen LogP contribution is -2.38. The highest BCUT2D eigenvalue weighted by Gasteiger charge is 2.43. The molecular weight excluding hydrogens is 416 g/mol. The third kappa shape index (κ3) is 3.80. The zero-order valence-electron chi connectivity index (χ0n) is 18.0. The van der Waals surface area contributed by atoms with E-state index in [0.717, 1.165) is 34.7 Å². The van der Waals surface area contributed by atoms with E-state index >= 15 is 0 Å². The Bertz CT molecular complexity index is 1220. The molecule has 160 valence electrons. The molecule has 1 amide bonds. The van der Waals surface area contributed by atoms with E-state index in [4.69, 9.17) is 4.74 Å². The molecule has 0 unspecified atom stereocenters. The molecule has 5 heteroatoms. The van der Waals surface area contributed by atoms with Crippen LogP contribution in [0.2, 0.25) is 0 Å². The molecule has 5 rings (SSSR count). The van der Waals surface area contributed by atoms with E-state index in [1.807, 2.05) is 86.0 Å². The maximum Gasteiger partial charge on any atom is 0.232 e. The average molecular weight is 441 g/mol. The molecule has 3 aromatic carbocycles. The number of hydrogen-bond donors (Lipinski definition) is 1. The van der Waals surface area contributed by atoms with Crippen LogP contribution in [-0.2, 0) is 11.2 Å². The molecule has 32 heavy (non-hydrogen) atoms. The molecule has 1 aromatic heterocycles. The molecule has 0 spiro atoms. The van der Waals surface area contributed by atoms with Crippen LogP contribution >= 0.6 is 11.3 Å². The number of nitrogens with one attached hydrogen (secondary N) is 1. The fraction of sp³-hybridized carbons (Fsp3) is 0.185. The van der Waals surface area contributed by atoms with Crippen molar-refractivity contribution in [2.24, 2.45) is 5.41 Å². The number of carbonyl (C=O) groups excluding carboxylic acids is 1. The number of anilines is 1. The van der Waals surface area contributed by atoms with Crippen LogP contribution in [0.15, 0.2) is 84.2 Å². The van der Waals surface area contributed by atoms with Gasteiger partial charge in [0.25, 0.3) is 0 Å². The zero-order chi connectivity index (χ0) is 22.1. The maximum absolute atomic E-state index is 13.5. The van der Waals surface area contributed by atoms with Gasteiger partial charge in [-0.05, 0) is 17.7 Å². The summed E-state index contributed by atoms with van der Waals surface area (Å²) in [7, 11) is 0. The number of thiazole rings is 1. The summed E-state index contributed by atoms with van der Waals surface area (Å²) in [6.45, 7) is 3.98. The molecule has 0 saturated heterocycles. The molecule has 1 aliphatic rings. The van der Waals surface area contributed by atoms with Gasteiger partial charge >= 0.3 is 0 Å². The van der Waals surface area contributed by atoms with E-state index < -0.39 is 5.41 Å². The zero-order valence-corrected chi connectivity index (χ0v) is 18.9. The SMILES string of the molecule is CC(C)(C(=O)Nc1nc(Cc2ccccc2)cs1)C1c2ccccc2Oc2ccccc21. The lowest BCUT2D eigenvalue weighted by Gasteiger charge is -2.38. The molecule has 4 nitrogen and oxygen atoms in total. The maximum atomic E-state index is 13.5. The smallest absolute Gasteiger partial charge is 0.232 e. The molecule has 0 aliphatic carbocycles. The Morgan fingerprint density at radius 3 is 2.19 bits per heavy atom. The second-order valence-corrected chi connectivity index (χ2v) is 9.45. The number of carbonyl (C=O) groups is 1. The van der Waals surface area contributed by atoms with Crippen LogP contribution in [0, 0.1) is 5.41 Å². The van der Waals surface area contributed by atoms with Crippen molar-refractivity contribution in [3.8, 4) is 11.5 Å². The van der Waals surface area contributed by atoms with Gasteiger partial charge in [-0.15, -0.1) is 11.3 Å². The van der Waals surface area contributed by atoms with Crippen LogP contribution in [0.1, 0.15) is 42.1 Å². The Morgan fingerprint density at radius 2 is 1.53 bits per heavy atom. The Hall–Kier alpha value is -3.44. The van der Waals surface area contributed by atoms with Crippen molar-refractivity contribution in [2.45, 2.75) is 26.2 Å². The van der Waals surface area contributed by atoms with Crippen LogP contribution in [0.4, 0.5) is 5.13 Å². The van der Waals surface area contributed by atoms with Crippen molar-refractivity contribution >= 4 is 22.4 Å². The van der Waals surface area contributed by atoms with Gasteiger partial charge in [0.1, 0.15) is 11.5 Å². The number of para-hydroxylation sites is 2. The Kier molecular flexibility index (Phi) is 5.27. The third-order valence-electron chi connectivity index (χ3n) is 5.99. The van der Waals surface area contributed by atoms with Crippen molar-refractivity contribution in [3.63, 3.8) is 0 Å². The van der Waals surface area contributed by atoms with Crippen molar-refractivity contribution in [2.75, 3.05) is 5.32 Å². The molecule has 4 aromatic rings. The lowest BCUT2D eigenvalue weighted by atomic mass is 9.69. The summed E-state index contributed by atoms with van der Waals surface area (Å²) < 4.78 is 6.12. The Balaban J connectivity index is 1.41. The number of aromatic nitrogens is 1. The quantitative estimate of drug-likeness (QED) is 0.379. The first-order chi connectivity index (χ1) is 15.5.